The summed E-state index contributed by atoms with van der Waals surface area (Å²) in [7, 11) is -2.93. The van der Waals surface area contributed by atoms with Gasteiger partial charge in [-0.25, -0.2) is 8.42 Å². The third-order valence-electron chi connectivity index (χ3n) is 4.20. The standard InChI is InChI=1S/C14H25NO3S/c1-11(2)9-15(13-7-8-19(17,18)10-13)14(16)12-5-3-4-6-12/h11-13H,3-10H2,1-2H3/t13-/m1/s1. The van der Waals surface area contributed by atoms with E-state index in [1.165, 1.54) is 0 Å². The van der Waals surface area contributed by atoms with E-state index in [2.05, 4.69) is 13.8 Å². The van der Waals surface area contributed by atoms with Crippen LogP contribution < -0.4 is 0 Å². The molecule has 0 radical (unpaired) electrons. The molecule has 1 saturated carbocycles. The Bertz CT molecular complexity index is 424. The van der Waals surface area contributed by atoms with Gasteiger partial charge in [0, 0.05) is 18.5 Å². The topological polar surface area (TPSA) is 54.5 Å². The SMILES string of the molecule is CC(C)CN(C(=O)C1CCCC1)[C@@H]1CCS(=O)(=O)C1. The van der Waals surface area contributed by atoms with E-state index in [-0.39, 0.29) is 29.4 Å². The minimum Gasteiger partial charge on any atom is -0.338 e. The summed E-state index contributed by atoms with van der Waals surface area (Å²) < 4.78 is 23.3. The number of carbonyl (C=O) groups is 1. The van der Waals surface area contributed by atoms with E-state index in [1.54, 1.807) is 0 Å². The lowest BCUT2D eigenvalue weighted by Gasteiger charge is -2.32. The number of hydrogen-bond donors (Lipinski definition) is 0. The summed E-state index contributed by atoms with van der Waals surface area (Å²) in [5.74, 6) is 1.13. The Morgan fingerprint density at radius 3 is 2.32 bits per heavy atom. The van der Waals surface area contributed by atoms with Gasteiger partial charge in [0.15, 0.2) is 9.84 Å². The normalized spacial score (nSPS) is 27.0. The Labute approximate surface area is 116 Å². The highest BCUT2D eigenvalue weighted by Gasteiger charge is 2.37. The smallest absolute Gasteiger partial charge is 0.225 e. The molecule has 2 fully saturated rings. The van der Waals surface area contributed by atoms with Crippen molar-refractivity contribution in [3.8, 4) is 0 Å². The minimum atomic E-state index is -2.93. The summed E-state index contributed by atoms with van der Waals surface area (Å²) in [5, 5.41) is 0. The Hall–Kier alpha value is -0.580. The van der Waals surface area contributed by atoms with E-state index in [0.29, 0.717) is 18.9 Å². The lowest BCUT2D eigenvalue weighted by Crippen LogP contribution is -2.45. The molecule has 1 heterocycles. The lowest BCUT2D eigenvalue weighted by molar-refractivity contribution is -0.137. The van der Waals surface area contributed by atoms with Crippen LogP contribution in [0.25, 0.3) is 0 Å². The average molecular weight is 287 g/mol. The summed E-state index contributed by atoms with van der Waals surface area (Å²) in [6.07, 6.45) is 4.84. The summed E-state index contributed by atoms with van der Waals surface area (Å²) in [5.41, 5.74) is 0. The Kier molecular flexibility index (Phi) is 4.54. The van der Waals surface area contributed by atoms with Crippen LogP contribution in [-0.4, -0.2) is 43.3 Å². The maximum atomic E-state index is 12.6. The van der Waals surface area contributed by atoms with Crippen molar-refractivity contribution >= 4 is 15.7 Å². The van der Waals surface area contributed by atoms with Crippen molar-refractivity contribution in [2.45, 2.75) is 52.0 Å². The molecule has 0 bridgehead atoms. The van der Waals surface area contributed by atoms with Crippen LogP contribution in [0.4, 0.5) is 0 Å². The molecule has 0 N–H and O–H groups in total. The molecule has 110 valence electrons. The zero-order chi connectivity index (χ0) is 14.0. The number of hydrogen-bond acceptors (Lipinski definition) is 3. The van der Waals surface area contributed by atoms with Crippen LogP contribution in [0.5, 0.6) is 0 Å². The molecule has 0 unspecified atom stereocenters. The van der Waals surface area contributed by atoms with Crippen molar-refractivity contribution in [2.24, 2.45) is 11.8 Å². The van der Waals surface area contributed by atoms with Gasteiger partial charge in [0.1, 0.15) is 0 Å². The van der Waals surface area contributed by atoms with Gasteiger partial charge in [-0.2, -0.15) is 0 Å². The summed E-state index contributed by atoms with van der Waals surface area (Å²) in [4.78, 5) is 14.5. The van der Waals surface area contributed by atoms with Crippen LogP contribution in [0.1, 0.15) is 46.0 Å². The molecule has 1 amide bonds. The second-order valence-electron chi connectivity index (χ2n) is 6.42. The first kappa shape index (κ1) is 14.8. The van der Waals surface area contributed by atoms with Crippen LogP contribution >= 0.6 is 0 Å². The largest absolute Gasteiger partial charge is 0.338 e. The van der Waals surface area contributed by atoms with Gasteiger partial charge in [0.2, 0.25) is 5.91 Å². The molecule has 1 atom stereocenters. The summed E-state index contributed by atoms with van der Waals surface area (Å²) in [6.45, 7) is 4.85. The van der Waals surface area contributed by atoms with Gasteiger partial charge >= 0.3 is 0 Å². The fourth-order valence-electron chi connectivity index (χ4n) is 3.24. The number of rotatable bonds is 4. The lowest BCUT2D eigenvalue weighted by atomic mass is 10.0. The predicted molar refractivity (Wildman–Crippen MR) is 75.6 cm³/mol. The zero-order valence-corrected chi connectivity index (χ0v) is 12.8. The highest BCUT2D eigenvalue weighted by atomic mass is 32.2. The molecule has 0 aromatic rings. The van der Waals surface area contributed by atoms with E-state index in [4.69, 9.17) is 0 Å². The Morgan fingerprint density at radius 2 is 1.84 bits per heavy atom. The average Bonchev–Trinajstić information content (AvgIpc) is 2.94. The second-order valence-corrected chi connectivity index (χ2v) is 8.65. The van der Waals surface area contributed by atoms with Crippen molar-refractivity contribution in [3.05, 3.63) is 0 Å². The first-order valence-electron chi connectivity index (χ1n) is 7.40. The summed E-state index contributed by atoms with van der Waals surface area (Å²) in [6, 6.07) is -0.0829. The second kappa shape index (κ2) is 5.81. The number of carbonyl (C=O) groups excluding carboxylic acids is 1. The molecule has 0 aromatic heterocycles. The first-order valence-corrected chi connectivity index (χ1v) is 9.22. The Morgan fingerprint density at radius 1 is 1.21 bits per heavy atom. The van der Waals surface area contributed by atoms with E-state index in [1.807, 2.05) is 4.90 Å². The quantitative estimate of drug-likeness (QED) is 0.793. The third kappa shape index (κ3) is 3.71. The predicted octanol–water partition coefficient (Wildman–Crippen LogP) is 1.85. The Balaban J connectivity index is 2.09. The molecule has 4 nitrogen and oxygen atoms in total. The van der Waals surface area contributed by atoms with Crippen molar-refractivity contribution < 1.29 is 13.2 Å². The van der Waals surface area contributed by atoms with Gasteiger partial charge in [0.25, 0.3) is 0 Å². The van der Waals surface area contributed by atoms with E-state index < -0.39 is 9.84 Å². The van der Waals surface area contributed by atoms with E-state index in [9.17, 15) is 13.2 Å². The monoisotopic (exact) mass is 287 g/mol. The fraction of sp³-hybridized carbons (Fsp3) is 0.929. The molecule has 2 aliphatic rings. The van der Waals surface area contributed by atoms with Gasteiger partial charge in [-0.3, -0.25) is 4.79 Å². The van der Waals surface area contributed by atoms with Crippen LogP contribution in [0.15, 0.2) is 0 Å². The number of nitrogens with zero attached hydrogens (tertiary/aromatic N) is 1. The number of amides is 1. The summed E-state index contributed by atoms with van der Waals surface area (Å²) >= 11 is 0. The molecular weight excluding hydrogens is 262 g/mol. The zero-order valence-electron chi connectivity index (χ0n) is 12.0. The van der Waals surface area contributed by atoms with Gasteiger partial charge in [0.05, 0.1) is 11.5 Å². The molecular formula is C14H25NO3S. The molecule has 1 aliphatic carbocycles. The molecule has 1 saturated heterocycles. The van der Waals surface area contributed by atoms with E-state index in [0.717, 1.165) is 25.7 Å². The van der Waals surface area contributed by atoms with Gasteiger partial charge in [-0.1, -0.05) is 26.7 Å². The van der Waals surface area contributed by atoms with Crippen molar-refractivity contribution in [1.29, 1.82) is 0 Å². The molecule has 0 spiro atoms. The molecule has 2 rings (SSSR count). The molecule has 5 heteroatoms. The maximum Gasteiger partial charge on any atom is 0.225 e. The fourth-order valence-corrected chi connectivity index (χ4v) is 4.97. The van der Waals surface area contributed by atoms with Gasteiger partial charge in [-0.05, 0) is 25.2 Å². The highest BCUT2D eigenvalue weighted by Crippen LogP contribution is 2.29. The van der Waals surface area contributed by atoms with Crippen molar-refractivity contribution in [3.63, 3.8) is 0 Å². The first-order chi connectivity index (χ1) is 8.89. The molecule has 0 aromatic carbocycles. The van der Waals surface area contributed by atoms with E-state index >= 15 is 0 Å². The van der Waals surface area contributed by atoms with Crippen molar-refractivity contribution in [2.75, 3.05) is 18.1 Å². The van der Waals surface area contributed by atoms with Crippen molar-refractivity contribution in [1.82, 2.24) is 4.90 Å². The third-order valence-corrected chi connectivity index (χ3v) is 5.95. The van der Waals surface area contributed by atoms with Gasteiger partial charge < -0.3 is 4.90 Å². The molecule has 19 heavy (non-hydrogen) atoms. The highest BCUT2D eigenvalue weighted by molar-refractivity contribution is 7.91. The minimum absolute atomic E-state index is 0.0829. The maximum absolute atomic E-state index is 12.6. The van der Waals surface area contributed by atoms with Crippen LogP contribution in [-0.2, 0) is 14.6 Å². The number of sulfone groups is 1. The van der Waals surface area contributed by atoms with Crippen LogP contribution in [0.3, 0.4) is 0 Å². The molecule has 1 aliphatic heterocycles. The van der Waals surface area contributed by atoms with Crippen LogP contribution in [0, 0.1) is 11.8 Å². The van der Waals surface area contributed by atoms with Gasteiger partial charge in [-0.15, -0.1) is 0 Å². The van der Waals surface area contributed by atoms with Crippen LogP contribution in [0.2, 0.25) is 0 Å².